The highest BCUT2D eigenvalue weighted by atomic mass is 19.2. The molecule has 3 nitrogen and oxygen atoms in total. The fourth-order valence-electron chi connectivity index (χ4n) is 1.08. The lowest BCUT2D eigenvalue weighted by atomic mass is 10.1. The first-order chi connectivity index (χ1) is 7.84. The van der Waals surface area contributed by atoms with Crippen molar-refractivity contribution in [1.29, 1.82) is 0 Å². The van der Waals surface area contributed by atoms with Crippen LogP contribution in [-0.4, -0.2) is 22.7 Å². The van der Waals surface area contributed by atoms with Crippen LogP contribution in [0.1, 0.15) is 13.8 Å². The molecule has 1 aromatic heterocycles. The van der Waals surface area contributed by atoms with E-state index in [9.17, 15) is 22.7 Å². The van der Waals surface area contributed by atoms with E-state index in [2.05, 4.69) is 10.3 Å². The standard InChI is InChI=1S/C10H12F4N2O/c1-4(2)5(17)3-15-8-6(11)9(13)16-10(14)7(8)12/h4-5,17H,3H2,1-2H3,(H,15,16). The van der Waals surface area contributed by atoms with E-state index in [0.717, 1.165) is 0 Å². The second-order valence-electron chi connectivity index (χ2n) is 3.89. The molecule has 1 unspecified atom stereocenters. The van der Waals surface area contributed by atoms with E-state index in [1.165, 1.54) is 0 Å². The van der Waals surface area contributed by atoms with Crippen LogP contribution in [0, 0.1) is 29.4 Å². The lowest BCUT2D eigenvalue weighted by molar-refractivity contribution is 0.137. The molecule has 96 valence electrons. The van der Waals surface area contributed by atoms with Crippen molar-refractivity contribution in [3.05, 3.63) is 23.5 Å². The Labute approximate surface area is 95.5 Å². The fourth-order valence-corrected chi connectivity index (χ4v) is 1.08. The van der Waals surface area contributed by atoms with Gasteiger partial charge in [0.15, 0.2) is 0 Å². The minimum absolute atomic E-state index is 0.162. The summed E-state index contributed by atoms with van der Waals surface area (Å²) in [7, 11) is 0. The van der Waals surface area contributed by atoms with Crippen LogP contribution in [0.25, 0.3) is 0 Å². The van der Waals surface area contributed by atoms with Crippen molar-refractivity contribution in [3.8, 4) is 0 Å². The van der Waals surface area contributed by atoms with Crippen molar-refractivity contribution in [1.82, 2.24) is 4.98 Å². The molecular weight excluding hydrogens is 240 g/mol. The average Bonchev–Trinajstić information content (AvgIpc) is 2.26. The molecule has 1 aromatic rings. The van der Waals surface area contributed by atoms with Crippen LogP contribution < -0.4 is 5.32 Å². The predicted octanol–water partition coefficient (Wildman–Crippen LogP) is 2.07. The number of nitrogens with one attached hydrogen (secondary N) is 1. The van der Waals surface area contributed by atoms with E-state index in [-0.39, 0.29) is 12.5 Å². The Bertz CT molecular complexity index is 386. The molecule has 17 heavy (non-hydrogen) atoms. The van der Waals surface area contributed by atoms with Gasteiger partial charge in [-0.3, -0.25) is 0 Å². The second kappa shape index (κ2) is 5.31. The molecule has 0 radical (unpaired) electrons. The molecule has 0 saturated heterocycles. The van der Waals surface area contributed by atoms with Crippen molar-refractivity contribution in [2.24, 2.45) is 5.92 Å². The van der Waals surface area contributed by atoms with Crippen LogP contribution in [0.2, 0.25) is 0 Å². The average molecular weight is 252 g/mol. The zero-order chi connectivity index (χ0) is 13.2. The number of nitrogens with zero attached hydrogens (tertiary/aromatic N) is 1. The largest absolute Gasteiger partial charge is 0.391 e. The van der Waals surface area contributed by atoms with Crippen LogP contribution in [0.15, 0.2) is 0 Å². The van der Waals surface area contributed by atoms with Crippen LogP contribution in [0.5, 0.6) is 0 Å². The zero-order valence-electron chi connectivity index (χ0n) is 9.27. The third-order valence-corrected chi connectivity index (χ3v) is 2.26. The lowest BCUT2D eigenvalue weighted by Gasteiger charge is -2.16. The third kappa shape index (κ3) is 3.06. The zero-order valence-corrected chi connectivity index (χ0v) is 9.27. The quantitative estimate of drug-likeness (QED) is 0.637. The van der Waals surface area contributed by atoms with E-state index in [1.807, 2.05) is 0 Å². The van der Waals surface area contributed by atoms with Crippen LogP contribution in [-0.2, 0) is 0 Å². The van der Waals surface area contributed by atoms with Gasteiger partial charge in [-0.05, 0) is 5.92 Å². The van der Waals surface area contributed by atoms with E-state index in [4.69, 9.17) is 0 Å². The Hall–Kier alpha value is -1.37. The molecule has 0 aliphatic heterocycles. The maximum Gasteiger partial charge on any atom is 0.253 e. The summed E-state index contributed by atoms with van der Waals surface area (Å²) in [6.07, 6.45) is -0.895. The first-order valence-electron chi connectivity index (χ1n) is 4.96. The number of halogens is 4. The summed E-state index contributed by atoms with van der Waals surface area (Å²) < 4.78 is 51.6. The van der Waals surface area contributed by atoms with Crippen LogP contribution in [0.4, 0.5) is 23.2 Å². The number of anilines is 1. The number of pyridine rings is 1. The summed E-state index contributed by atoms with van der Waals surface area (Å²) in [5, 5.41) is 11.5. The molecular formula is C10H12F4N2O. The summed E-state index contributed by atoms with van der Waals surface area (Å²) in [4.78, 5) is 2.41. The number of hydrogen-bond acceptors (Lipinski definition) is 3. The number of aromatic nitrogens is 1. The topological polar surface area (TPSA) is 45.1 Å². The molecule has 7 heteroatoms. The van der Waals surface area contributed by atoms with Crippen molar-refractivity contribution >= 4 is 5.69 Å². The molecule has 1 atom stereocenters. The second-order valence-corrected chi connectivity index (χ2v) is 3.89. The SMILES string of the molecule is CC(C)C(O)CNc1c(F)c(F)nc(F)c1F. The van der Waals surface area contributed by atoms with E-state index < -0.39 is 35.3 Å². The van der Waals surface area contributed by atoms with Crippen molar-refractivity contribution in [2.45, 2.75) is 20.0 Å². The van der Waals surface area contributed by atoms with Crippen molar-refractivity contribution < 1.29 is 22.7 Å². The molecule has 0 spiro atoms. The summed E-state index contributed by atoms with van der Waals surface area (Å²) in [5.74, 6) is -6.85. The summed E-state index contributed by atoms with van der Waals surface area (Å²) in [6.45, 7) is 3.15. The molecule has 0 amide bonds. The minimum atomic E-state index is -1.73. The van der Waals surface area contributed by atoms with E-state index >= 15 is 0 Å². The maximum absolute atomic E-state index is 13.1. The van der Waals surface area contributed by atoms with E-state index in [1.54, 1.807) is 13.8 Å². The number of rotatable bonds is 4. The number of hydrogen-bond donors (Lipinski definition) is 2. The lowest BCUT2D eigenvalue weighted by Crippen LogP contribution is -2.26. The van der Waals surface area contributed by atoms with Crippen LogP contribution in [0.3, 0.4) is 0 Å². The summed E-state index contributed by atoms with van der Waals surface area (Å²) >= 11 is 0. The highest BCUT2D eigenvalue weighted by Gasteiger charge is 2.21. The maximum atomic E-state index is 13.1. The fraction of sp³-hybridized carbons (Fsp3) is 0.500. The molecule has 0 aromatic carbocycles. The van der Waals surface area contributed by atoms with E-state index in [0.29, 0.717) is 0 Å². The van der Waals surface area contributed by atoms with Gasteiger partial charge in [-0.2, -0.15) is 22.5 Å². The van der Waals surface area contributed by atoms with Crippen molar-refractivity contribution in [3.63, 3.8) is 0 Å². The molecule has 2 N–H and O–H groups in total. The monoisotopic (exact) mass is 252 g/mol. The minimum Gasteiger partial charge on any atom is -0.391 e. The Balaban J connectivity index is 2.91. The first kappa shape index (κ1) is 13.7. The molecule has 0 saturated carbocycles. The van der Waals surface area contributed by atoms with Gasteiger partial charge in [-0.15, -0.1) is 0 Å². The van der Waals surface area contributed by atoms with Gasteiger partial charge in [0.2, 0.25) is 11.6 Å². The van der Waals surface area contributed by atoms with Gasteiger partial charge in [0, 0.05) is 6.54 Å². The molecule has 0 aliphatic rings. The smallest absolute Gasteiger partial charge is 0.253 e. The molecule has 1 rings (SSSR count). The highest BCUT2D eigenvalue weighted by Crippen LogP contribution is 2.22. The van der Waals surface area contributed by atoms with Gasteiger partial charge in [0.05, 0.1) is 6.10 Å². The van der Waals surface area contributed by atoms with Gasteiger partial charge in [0.1, 0.15) is 5.69 Å². The Morgan fingerprint density at radius 2 is 1.59 bits per heavy atom. The molecule has 0 aliphatic carbocycles. The highest BCUT2D eigenvalue weighted by molar-refractivity contribution is 5.45. The Morgan fingerprint density at radius 3 is 2.00 bits per heavy atom. The molecule has 0 bridgehead atoms. The van der Waals surface area contributed by atoms with Crippen LogP contribution >= 0.6 is 0 Å². The summed E-state index contributed by atoms with van der Waals surface area (Å²) in [5.41, 5.74) is -0.963. The van der Waals surface area contributed by atoms with Gasteiger partial charge in [-0.1, -0.05) is 13.8 Å². The summed E-state index contributed by atoms with van der Waals surface area (Å²) in [6, 6.07) is 0. The first-order valence-corrected chi connectivity index (χ1v) is 4.96. The molecule has 1 heterocycles. The van der Waals surface area contributed by atoms with Crippen molar-refractivity contribution in [2.75, 3.05) is 11.9 Å². The Morgan fingerprint density at radius 1 is 1.12 bits per heavy atom. The van der Waals surface area contributed by atoms with Gasteiger partial charge in [0.25, 0.3) is 11.9 Å². The Kier molecular flexibility index (Phi) is 4.28. The molecule has 0 fully saturated rings. The van der Waals surface area contributed by atoms with Gasteiger partial charge < -0.3 is 10.4 Å². The van der Waals surface area contributed by atoms with Gasteiger partial charge >= 0.3 is 0 Å². The van der Waals surface area contributed by atoms with Gasteiger partial charge in [-0.25, -0.2) is 0 Å². The third-order valence-electron chi connectivity index (χ3n) is 2.26. The normalized spacial score (nSPS) is 12.9. The number of aliphatic hydroxyl groups excluding tert-OH is 1. The predicted molar refractivity (Wildman–Crippen MR) is 53.4 cm³/mol. The number of aliphatic hydroxyl groups is 1.